The number of nitrogens with zero attached hydrogens (tertiary/aromatic N) is 2. The zero-order valence-electron chi connectivity index (χ0n) is 21.2. The number of para-hydroxylation sites is 1. The lowest BCUT2D eigenvalue weighted by Gasteiger charge is -2.40. The topological polar surface area (TPSA) is 77.1 Å². The molecule has 2 unspecified atom stereocenters. The van der Waals surface area contributed by atoms with Crippen LogP contribution in [0.4, 0.5) is 0 Å². The largest absolute Gasteiger partial charge is 0.496 e. The predicted octanol–water partition coefficient (Wildman–Crippen LogP) is 4.18. The number of hydrogen-bond donors (Lipinski definition) is 3. The fourth-order valence-corrected chi connectivity index (χ4v) is 6.00. The molecule has 2 fully saturated rings. The van der Waals surface area contributed by atoms with E-state index in [-0.39, 0.29) is 24.6 Å². The molecule has 2 aliphatic rings. The maximum absolute atomic E-state index is 14.6. The Morgan fingerprint density at radius 2 is 1.42 bits per heavy atom. The quantitative estimate of drug-likeness (QED) is 0.359. The number of carbonyl (C=O) groups is 1. The first-order valence-corrected chi connectivity index (χ1v) is 14.4. The smallest absolute Gasteiger partial charge is 0.262 e. The molecule has 0 radical (unpaired) electrons. The number of methoxy groups -OCH3 is 1. The summed E-state index contributed by atoms with van der Waals surface area (Å²) < 4.78 is 7.78. The Bertz CT molecular complexity index is 1190. The zero-order valence-corrected chi connectivity index (χ0v) is 24.4. The number of aliphatic hydroxyl groups excluding tert-OH is 1. The van der Waals surface area contributed by atoms with Crippen molar-refractivity contribution >= 4 is 37.8 Å². The number of amides is 1. The van der Waals surface area contributed by atoms with E-state index in [1.807, 2.05) is 53.4 Å². The second-order valence-corrected chi connectivity index (χ2v) is 11.5. The number of β-amino-alcohol motifs (C(OH)–C–C–N with tert-alkyl or cyclic N) is 1. The molecule has 5 rings (SSSR count). The monoisotopic (exact) mass is 642 g/mol. The second kappa shape index (κ2) is 11.9. The number of ether oxygens (including phenoxy) is 1. The maximum atomic E-state index is 14.6. The van der Waals surface area contributed by atoms with Crippen LogP contribution in [-0.2, 0) is 10.5 Å². The van der Waals surface area contributed by atoms with Crippen LogP contribution < -0.4 is 15.4 Å². The molecule has 0 aliphatic carbocycles. The molecular formula is C29H32Br2N4O3. The Morgan fingerprint density at radius 3 is 1.92 bits per heavy atom. The second-order valence-electron chi connectivity index (χ2n) is 9.65. The van der Waals surface area contributed by atoms with Crippen molar-refractivity contribution in [3.8, 4) is 5.75 Å². The average molecular weight is 644 g/mol. The molecule has 3 aromatic rings. The van der Waals surface area contributed by atoms with Gasteiger partial charge in [0.15, 0.2) is 5.66 Å². The molecule has 2 aliphatic heterocycles. The maximum Gasteiger partial charge on any atom is 0.262 e. The van der Waals surface area contributed by atoms with Gasteiger partial charge in [-0.3, -0.25) is 20.3 Å². The molecule has 38 heavy (non-hydrogen) atoms. The van der Waals surface area contributed by atoms with Gasteiger partial charge in [-0.15, -0.1) is 0 Å². The van der Waals surface area contributed by atoms with Gasteiger partial charge in [0.2, 0.25) is 0 Å². The number of halogens is 2. The van der Waals surface area contributed by atoms with Crippen LogP contribution in [0.25, 0.3) is 0 Å². The number of rotatable bonds is 7. The highest BCUT2D eigenvalue weighted by atomic mass is 79.9. The third-order valence-electron chi connectivity index (χ3n) is 7.44. The average Bonchev–Trinajstić information content (AvgIpc) is 3.36. The van der Waals surface area contributed by atoms with Crippen molar-refractivity contribution in [2.75, 3.05) is 46.4 Å². The molecule has 7 nitrogen and oxygen atoms in total. The van der Waals surface area contributed by atoms with E-state index < -0.39 is 5.66 Å². The van der Waals surface area contributed by atoms with E-state index in [4.69, 9.17) is 4.74 Å². The van der Waals surface area contributed by atoms with Crippen molar-refractivity contribution in [1.82, 2.24) is 20.4 Å². The van der Waals surface area contributed by atoms with Crippen molar-refractivity contribution < 1.29 is 14.6 Å². The van der Waals surface area contributed by atoms with E-state index in [2.05, 4.69) is 71.7 Å². The molecule has 3 aromatic carbocycles. The standard InChI is InChI=1S/C29H32Br2N4O3/c1-38-25-5-3-2-4-24(25)29(28(37)35-16-14-34(15-17-35)18-19-36)32-26(20-6-10-22(30)11-7-20)27(33-29)21-8-12-23(31)13-9-21/h2-13,26-27,32-33,36H,14-19H2,1H3. The number of nitrogens with one attached hydrogen (secondary N) is 2. The Balaban J connectivity index is 1.60. The van der Waals surface area contributed by atoms with E-state index in [1.165, 1.54) is 0 Å². The van der Waals surface area contributed by atoms with Gasteiger partial charge in [0.1, 0.15) is 5.75 Å². The minimum Gasteiger partial charge on any atom is -0.496 e. The third-order valence-corrected chi connectivity index (χ3v) is 8.50. The fourth-order valence-electron chi connectivity index (χ4n) is 5.47. The molecule has 0 saturated carbocycles. The molecular weight excluding hydrogens is 612 g/mol. The highest BCUT2D eigenvalue weighted by molar-refractivity contribution is 9.10. The highest BCUT2D eigenvalue weighted by Crippen LogP contribution is 2.44. The summed E-state index contributed by atoms with van der Waals surface area (Å²) in [5, 5.41) is 16.9. The lowest BCUT2D eigenvalue weighted by atomic mass is 9.95. The summed E-state index contributed by atoms with van der Waals surface area (Å²) in [5.41, 5.74) is 1.70. The molecule has 3 N–H and O–H groups in total. The number of aliphatic hydroxyl groups is 1. The Morgan fingerprint density at radius 1 is 0.895 bits per heavy atom. The number of piperazine rings is 1. The van der Waals surface area contributed by atoms with Gasteiger partial charge in [0, 0.05) is 47.2 Å². The summed E-state index contributed by atoms with van der Waals surface area (Å²) in [5.74, 6) is 0.609. The van der Waals surface area contributed by atoms with Crippen LogP contribution >= 0.6 is 31.9 Å². The first-order chi connectivity index (χ1) is 18.4. The van der Waals surface area contributed by atoms with Gasteiger partial charge in [-0.05, 0) is 41.5 Å². The molecule has 1 amide bonds. The Hall–Kier alpha value is -2.27. The van der Waals surface area contributed by atoms with Gasteiger partial charge in [0.05, 0.1) is 25.8 Å². The van der Waals surface area contributed by atoms with Gasteiger partial charge in [-0.2, -0.15) is 0 Å². The third kappa shape index (κ3) is 5.41. The van der Waals surface area contributed by atoms with Crippen molar-refractivity contribution in [1.29, 1.82) is 0 Å². The molecule has 0 aromatic heterocycles. The van der Waals surface area contributed by atoms with E-state index in [0.717, 1.165) is 38.7 Å². The first kappa shape index (κ1) is 27.3. The van der Waals surface area contributed by atoms with Gasteiger partial charge in [-0.1, -0.05) is 74.3 Å². The van der Waals surface area contributed by atoms with Crippen LogP contribution in [0.1, 0.15) is 28.8 Å². The Kier molecular flexibility index (Phi) is 8.52. The zero-order chi connectivity index (χ0) is 26.7. The minimum atomic E-state index is -1.21. The number of benzene rings is 3. The lowest BCUT2D eigenvalue weighted by Crippen LogP contribution is -2.62. The summed E-state index contributed by atoms with van der Waals surface area (Å²) in [4.78, 5) is 18.7. The van der Waals surface area contributed by atoms with Gasteiger partial charge < -0.3 is 14.7 Å². The van der Waals surface area contributed by atoms with Crippen molar-refractivity contribution in [2.45, 2.75) is 17.7 Å². The number of hydrogen-bond acceptors (Lipinski definition) is 6. The van der Waals surface area contributed by atoms with E-state index >= 15 is 0 Å². The van der Waals surface area contributed by atoms with Crippen LogP contribution in [0.5, 0.6) is 5.75 Å². The van der Waals surface area contributed by atoms with Crippen LogP contribution in [0.2, 0.25) is 0 Å². The molecule has 2 atom stereocenters. The summed E-state index contributed by atoms with van der Waals surface area (Å²) in [6.07, 6.45) is 0. The SMILES string of the molecule is COc1ccccc1C1(C(=O)N2CCN(CCO)CC2)NC(c2ccc(Br)cc2)C(c2ccc(Br)cc2)N1. The molecule has 2 heterocycles. The molecule has 0 bridgehead atoms. The van der Waals surface area contributed by atoms with E-state index in [9.17, 15) is 9.90 Å². The summed E-state index contributed by atoms with van der Waals surface area (Å²) in [7, 11) is 1.64. The van der Waals surface area contributed by atoms with E-state index in [1.54, 1.807) is 7.11 Å². The van der Waals surface area contributed by atoms with E-state index in [0.29, 0.717) is 25.4 Å². The summed E-state index contributed by atoms with van der Waals surface area (Å²) in [6.45, 7) is 3.36. The van der Waals surface area contributed by atoms with Gasteiger partial charge >= 0.3 is 0 Å². The van der Waals surface area contributed by atoms with Crippen molar-refractivity contribution in [3.63, 3.8) is 0 Å². The van der Waals surface area contributed by atoms with Crippen LogP contribution in [0.3, 0.4) is 0 Å². The van der Waals surface area contributed by atoms with Gasteiger partial charge in [-0.25, -0.2) is 0 Å². The summed E-state index contributed by atoms with van der Waals surface area (Å²) in [6, 6.07) is 23.8. The van der Waals surface area contributed by atoms with Crippen LogP contribution in [0, 0.1) is 0 Å². The molecule has 2 saturated heterocycles. The molecule has 200 valence electrons. The Labute approximate surface area is 240 Å². The van der Waals surface area contributed by atoms with Crippen molar-refractivity contribution in [2.24, 2.45) is 0 Å². The predicted molar refractivity (Wildman–Crippen MR) is 155 cm³/mol. The van der Waals surface area contributed by atoms with Gasteiger partial charge in [0.25, 0.3) is 5.91 Å². The number of carbonyl (C=O) groups excluding carboxylic acids is 1. The lowest BCUT2D eigenvalue weighted by molar-refractivity contribution is -0.141. The highest BCUT2D eigenvalue weighted by Gasteiger charge is 2.54. The van der Waals surface area contributed by atoms with Crippen LogP contribution in [-0.4, -0.2) is 67.3 Å². The minimum absolute atomic E-state index is 0.0348. The normalized spacial score (nSPS) is 23.9. The fraction of sp³-hybridized carbons (Fsp3) is 0.345. The molecule has 0 spiro atoms. The summed E-state index contributed by atoms with van der Waals surface area (Å²) >= 11 is 7.11. The van der Waals surface area contributed by atoms with Crippen LogP contribution in [0.15, 0.2) is 81.7 Å². The molecule has 9 heteroatoms. The first-order valence-electron chi connectivity index (χ1n) is 12.8. The van der Waals surface area contributed by atoms with Crippen molar-refractivity contribution in [3.05, 3.63) is 98.4 Å².